The zero-order valence-electron chi connectivity index (χ0n) is 20.2. The number of aromatic nitrogens is 1. The van der Waals surface area contributed by atoms with Gasteiger partial charge >= 0.3 is 5.97 Å². The van der Waals surface area contributed by atoms with E-state index in [2.05, 4.69) is 9.89 Å². The number of nitrogens with zero attached hydrogens (tertiary/aromatic N) is 4. The van der Waals surface area contributed by atoms with E-state index in [1.54, 1.807) is 26.0 Å². The number of fused-ring (bicyclic) bond motifs is 1. The van der Waals surface area contributed by atoms with E-state index in [0.29, 0.717) is 52.5 Å². The molecule has 4 heterocycles. The monoisotopic (exact) mass is 540 g/mol. The fourth-order valence-electron chi connectivity index (χ4n) is 4.51. The molecule has 1 saturated heterocycles. The van der Waals surface area contributed by atoms with Gasteiger partial charge in [-0.1, -0.05) is 17.4 Å². The Morgan fingerprint density at radius 3 is 2.78 bits per heavy atom. The molecule has 0 bridgehead atoms. The molecule has 0 radical (unpaired) electrons. The third kappa shape index (κ3) is 4.75. The number of ether oxygens (including phenoxy) is 2. The topological polar surface area (TPSA) is 116 Å². The Morgan fingerprint density at radius 1 is 1.32 bits per heavy atom. The average Bonchev–Trinajstić information content (AvgIpc) is 3.52. The molecule has 2 aromatic heterocycles. The number of allylic oxidation sites excluding steroid dienone is 1. The molecule has 0 aliphatic carbocycles. The molecule has 3 aromatic rings. The Hall–Kier alpha value is -3.61. The van der Waals surface area contributed by atoms with Gasteiger partial charge in [0.15, 0.2) is 4.80 Å². The van der Waals surface area contributed by atoms with Crippen molar-refractivity contribution in [3.05, 3.63) is 87.2 Å². The first-order valence-electron chi connectivity index (χ1n) is 11.7. The number of morpholine rings is 1. The lowest BCUT2D eigenvalue weighted by molar-refractivity contribution is -0.384. The summed E-state index contributed by atoms with van der Waals surface area (Å²) in [6, 6.07) is 7.74. The van der Waals surface area contributed by atoms with Crippen molar-refractivity contribution in [1.82, 2.24) is 4.57 Å². The molecule has 0 saturated carbocycles. The van der Waals surface area contributed by atoms with Crippen LogP contribution in [0.5, 0.6) is 0 Å². The second-order valence-corrected chi connectivity index (χ2v) is 10.4. The van der Waals surface area contributed by atoms with Crippen LogP contribution >= 0.6 is 22.7 Å². The molecule has 2 aliphatic heterocycles. The van der Waals surface area contributed by atoms with Gasteiger partial charge in [0.05, 0.1) is 40.5 Å². The summed E-state index contributed by atoms with van der Waals surface area (Å²) in [4.78, 5) is 45.7. The van der Waals surface area contributed by atoms with Crippen molar-refractivity contribution in [2.45, 2.75) is 19.9 Å². The first-order chi connectivity index (χ1) is 17.9. The summed E-state index contributed by atoms with van der Waals surface area (Å²) in [5.41, 5.74) is 1.79. The lowest BCUT2D eigenvalue weighted by Gasteiger charge is -2.30. The van der Waals surface area contributed by atoms with Gasteiger partial charge in [0.1, 0.15) is 6.04 Å². The van der Waals surface area contributed by atoms with Gasteiger partial charge in [0.2, 0.25) is 0 Å². The van der Waals surface area contributed by atoms with Crippen molar-refractivity contribution < 1.29 is 19.2 Å². The van der Waals surface area contributed by atoms with Crippen LogP contribution in [0.2, 0.25) is 0 Å². The number of thiophene rings is 1. The molecule has 10 nitrogen and oxygen atoms in total. The molecular formula is C25H24N4O6S2. The second-order valence-electron chi connectivity index (χ2n) is 8.42. The first kappa shape index (κ1) is 25.1. The van der Waals surface area contributed by atoms with E-state index in [1.807, 2.05) is 17.5 Å². The highest BCUT2D eigenvalue weighted by Crippen LogP contribution is 2.33. The lowest BCUT2D eigenvalue weighted by Crippen LogP contribution is -2.39. The number of rotatable bonds is 6. The number of carbonyl (C=O) groups excluding carboxylic acids is 1. The number of non-ortho nitro benzene ring substituents is 1. The van der Waals surface area contributed by atoms with Crippen LogP contribution in [0, 0.1) is 10.1 Å². The van der Waals surface area contributed by atoms with Crippen LogP contribution in [0.15, 0.2) is 56.8 Å². The van der Waals surface area contributed by atoms with Gasteiger partial charge in [0.25, 0.3) is 11.2 Å². The summed E-state index contributed by atoms with van der Waals surface area (Å²) in [5.74, 6) is -0.510. The van der Waals surface area contributed by atoms with Crippen molar-refractivity contribution in [3.63, 3.8) is 0 Å². The second kappa shape index (κ2) is 10.4. The highest BCUT2D eigenvalue weighted by molar-refractivity contribution is 7.10. The third-order valence-corrected chi connectivity index (χ3v) is 8.10. The molecule has 37 heavy (non-hydrogen) atoms. The van der Waals surface area contributed by atoms with Crippen LogP contribution in [0.4, 0.5) is 11.4 Å². The number of esters is 1. The average molecular weight is 541 g/mol. The predicted octanol–water partition coefficient (Wildman–Crippen LogP) is 2.60. The minimum absolute atomic E-state index is 0.0621. The Labute approximate surface area is 219 Å². The normalized spacial score (nSPS) is 17.9. The van der Waals surface area contributed by atoms with Crippen molar-refractivity contribution in [2.75, 3.05) is 37.8 Å². The van der Waals surface area contributed by atoms with Gasteiger partial charge < -0.3 is 14.4 Å². The summed E-state index contributed by atoms with van der Waals surface area (Å²) in [7, 11) is 0. The maximum Gasteiger partial charge on any atom is 0.338 e. The third-order valence-electron chi connectivity index (χ3n) is 6.19. The summed E-state index contributed by atoms with van der Waals surface area (Å²) >= 11 is 2.63. The predicted molar refractivity (Wildman–Crippen MR) is 141 cm³/mol. The number of nitro benzene ring substituents is 1. The fraction of sp³-hybridized carbons (Fsp3) is 0.320. The Balaban J connectivity index is 1.70. The molecule has 12 heteroatoms. The molecule has 1 atom stereocenters. The van der Waals surface area contributed by atoms with Crippen molar-refractivity contribution in [1.29, 1.82) is 0 Å². The molecule has 0 N–H and O–H groups in total. The zero-order valence-corrected chi connectivity index (χ0v) is 21.8. The van der Waals surface area contributed by atoms with E-state index < -0.39 is 16.9 Å². The minimum Gasteiger partial charge on any atom is -0.463 e. The molecule has 192 valence electrons. The molecule has 5 rings (SSSR count). The molecule has 0 spiro atoms. The van der Waals surface area contributed by atoms with Crippen molar-refractivity contribution in [2.24, 2.45) is 4.99 Å². The summed E-state index contributed by atoms with van der Waals surface area (Å²) in [6.45, 7) is 6.05. The van der Waals surface area contributed by atoms with Gasteiger partial charge in [-0.05, 0) is 37.4 Å². The molecule has 1 unspecified atom stereocenters. The smallest absolute Gasteiger partial charge is 0.338 e. The van der Waals surface area contributed by atoms with Crippen LogP contribution in [0.1, 0.15) is 30.3 Å². The van der Waals surface area contributed by atoms with Gasteiger partial charge in [-0.25, -0.2) is 9.79 Å². The summed E-state index contributed by atoms with van der Waals surface area (Å²) in [6.07, 6.45) is 1.68. The van der Waals surface area contributed by atoms with E-state index in [0.717, 1.165) is 10.6 Å². The number of anilines is 1. The van der Waals surface area contributed by atoms with Gasteiger partial charge in [-0.3, -0.25) is 19.5 Å². The van der Waals surface area contributed by atoms with E-state index in [4.69, 9.17) is 9.47 Å². The van der Waals surface area contributed by atoms with E-state index in [-0.39, 0.29) is 17.9 Å². The Bertz CT molecular complexity index is 1570. The molecular weight excluding hydrogens is 516 g/mol. The number of carbonyl (C=O) groups is 1. The van der Waals surface area contributed by atoms with E-state index in [9.17, 15) is 19.7 Å². The summed E-state index contributed by atoms with van der Waals surface area (Å²) in [5, 5.41) is 13.4. The summed E-state index contributed by atoms with van der Waals surface area (Å²) < 4.78 is 12.6. The number of hydrogen-bond acceptors (Lipinski definition) is 10. The molecule has 2 aliphatic rings. The molecule has 1 aromatic carbocycles. The number of nitro groups is 1. The van der Waals surface area contributed by atoms with Crippen molar-refractivity contribution >= 4 is 46.1 Å². The SMILES string of the molecule is CCOC(=O)C1=C(C)N=c2s/c(=C\c3cc([N+](=O)[O-])ccc3N3CCOCC3)c(=O)n2C1c1cccs1. The zero-order chi connectivity index (χ0) is 26.1. The van der Waals surface area contributed by atoms with Crippen LogP contribution in [-0.2, 0) is 14.3 Å². The van der Waals surface area contributed by atoms with Gasteiger partial charge in [-0.15, -0.1) is 11.3 Å². The lowest BCUT2D eigenvalue weighted by atomic mass is 10.0. The van der Waals surface area contributed by atoms with Crippen LogP contribution < -0.4 is 19.8 Å². The van der Waals surface area contributed by atoms with Gasteiger partial charge in [-0.2, -0.15) is 0 Å². The van der Waals surface area contributed by atoms with Gasteiger partial charge in [0, 0.05) is 41.4 Å². The Kier molecular flexibility index (Phi) is 7.04. The quantitative estimate of drug-likeness (QED) is 0.268. The standard InChI is InChI=1S/C25H24N4O6S2/c1-3-35-24(31)21-15(2)26-25-28(22(21)19-5-4-12-36-19)23(30)20(37-25)14-16-13-17(29(32)33)6-7-18(16)27-8-10-34-11-9-27/h4-7,12-14,22H,3,8-11H2,1-2H3/b20-14-. The highest BCUT2D eigenvalue weighted by Gasteiger charge is 2.34. The largest absolute Gasteiger partial charge is 0.463 e. The maximum absolute atomic E-state index is 13.8. The molecule has 0 amide bonds. The Morgan fingerprint density at radius 2 is 2.11 bits per heavy atom. The van der Waals surface area contributed by atoms with Crippen LogP contribution in [-0.4, -0.2) is 48.4 Å². The van der Waals surface area contributed by atoms with Crippen molar-refractivity contribution in [3.8, 4) is 0 Å². The first-order valence-corrected chi connectivity index (χ1v) is 13.4. The van der Waals surface area contributed by atoms with E-state index >= 15 is 0 Å². The number of hydrogen-bond donors (Lipinski definition) is 0. The maximum atomic E-state index is 13.8. The minimum atomic E-state index is -0.665. The van der Waals surface area contributed by atoms with E-state index in [1.165, 1.54) is 39.4 Å². The fourth-order valence-corrected chi connectivity index (χ4v) is 6.37. The van der Waals surface area contributed by atoms with Crippen LogP contribution in [0.3, 0.4) is 0 Å². The molecule has 1 fully saturated rings. The number of thiazole rings is 1. The number of benzene rings is 1. The van der Waals surface area contributed by atoms with Crippen LogP contribution in [0.25, 0.3) is 6.08 Å². The highest BCUT2D eigenvalue weighted by atomic mass is 32.1.